The van der Waals surface area contributed by atoms with Gasteiger partial charge in [0.2, 0.25) is 0 Å². The van der Waals surface area contributed by atoms with Crippen LogP contribution in [0.5, 0.6) is 11.5 Å². The zero-order valence-corrected chi connectivity index (χ0v) is 11.0. The summed E-state index contributed by atoms with van der Waals surface area (Å²) in [7, 11) is 0. The summed E-state index contributed by atoms with van der Waals surface area (Å²) in [6.07, 6.45) is 4.11. The van der Waals surface area contributed by atoms with Crippen LogP contribution in [0, 0.1) is 0 Å². The van der Waals surface area contributed by atoms with Crippen LogP contribution < -0.4 is 10.1 Å². The zero-order chi connectivity index (χ0) is 13.5. The number of rotatable bonds is 6. The summed E-state index contributed by atoms with van der Waals surface area (Å²) in [6.45, 7) is 3.04. The third kappa shape index (κ3) is 3.96. The second kappa shape index (κ2) is 6.75. The maximum atomic E-state index is 8.86. The molecule has 0 aliphatic carbocycles. The molecule has 0 bridgehead atoms. The minimum Gasteiger partial charge on any atom is -0.456 e. The first-order valence-corrected chi connectivity index (χ1v) is 6.38. The highest BCUT2D eigenvalue weighted by molar-refractivity contribution is 5.46. The van der Waals surface area contributed by atoms with E-state index < -0.39 is 0 Å². The van der Waals surface area contributed by atoms with E-state index in [4.69, 9.17) is 9.84 Å². The molecule has 2 N–H and O–H groups in total. The average Bonchev–Trinajstić information content (AvgIpc) is 2.42. The van der Waals surface area contributed by atoms with Gasteiger partial charge in [0.25, 0.3) is 0 Å². The van der Waals surface area contributed by atoms with Crippen molar-refractivity contribution in [3.05, 3.63) is 48.3 Å². The molecule has 2 aromatic rings. The van der Waals surface area contributed by atoms with Gasteiger partial charge in [-0.3, -0.25) is 4.98 Å². The van der Waals surface area contributed by atoms with Gasteiger partial charge in [-0.2, -0.15) is 0 Å². The van der Waals surface area contributed by atoms with Crippen molar-refractivity contribution in [1.29, 1.82) is 0 Å². The zero-order valence-electron chi connectivity index (χ0n) is 11.0. The van der Waals surface area contributed by atoms with Crippen molar-refractivity contribution in [1.82, 2.24) is 4.98 Å². The van der Waals surface area contributed by atoms with Crippen LogP contribution in [-0.2, 0) is 6.42 Å². The van der Waals surface area contributed by atoms with Crippen molar-refractivity contribution in [3.8, 4) is 11.5 Å². The van der Waals surface area contributed by atoms with Crippen molar-refractivity contribution in [3.63, 3.8) is 0 Å². The van der Waals surface area contributed by atoms with Crippen molar-refractivity contribution in [2.24, 2.45) is 0 Å². The molecular weight excluding hydrogens is 240 g/mol. The van der Waals surface area contributed by atoms with Gasteiger partial charge in [-0.05, 0) is 31.0 Å². The molecule has 0 atom stereocenters. The van der Waals surface area contributed by atoms with Gasteiger partial charge in [-0.25, -0.2) is 0 Å². The molecule has 0 fully saturated rings. The Morgan fingerprint density at radius 3 is 2.63 bits per heavy atom. The first-order valence-electron chi connectivity index (χ1n) is 6.38. The number of hydrogen-bond acceptors (Lipinski definition) is 4. The van der Waals surface area contributed by atoms with Gasteiger partial charge < -0.3 is 15.2 Å². The lowest BCUT2D eigenvalue weighted by molar-refractivity contribution is 0.299. The molecule has 2 rings (SSSR count). The highest BCUT2D eigenvalue weighted by Crippen LogP contribution is 2.23. The number of aromatic nitrogens is 1. The summed E-state index contributed by atoms with van der Waals surface area (Å²) < 4.78 is 5.73. The summed E-state index contributed by atoms with van der Waals surface area (Å²) in [5.41, 5.74) is 2.03. The van der Waals surface area contributed by atoms with E-state index in [-0.39, 0.29) is 6.61 Å². The fourth-order valence-corrected chi connectivity index (χ4v) is 1.76. The Balaban J connectivity index is 2.05. The number of aliphatic hydroxyl groups excluding tert-OH is 1. The van der Waals surface area contributed by atoms with Gasteiger partial charge in [-0.1, -0.05) is 12.1 Å². The van der Waals surface area contributed by atoms with Gasteiger partial charge in [0.1, 0.15) is 11.5 Å². The SMILES string of the molecule is CCNc1cncc(Oc2ccc(CCO)cc2)c1. The normalized spacial score (nSPS) is 10.2. The molecule has 1 aromatic carbocycles. The molecule has 1 aromatic heterocycles. The minimum atomic E-state index is 0.162. The van der Waals surface area contributed by atoms with Crippen molar-refractivity contribution in [2.45, 2.75) is 13.3 Å². The molecule has 0 aliphatic rings. The Labute approximate surface area is 113 Å². The summed E-state index contributed by atoms with van der Waals surface area (Å²) in [5.74, 6) is 1.46. The molecule has 0 amide bonds. The number of nitrogens with one attached hydrogen (secondary N) is 1. The molecule has 100 valence electrons. The van der Waals surface area contributed by atoms with E-state index >= 15 is 0 Å². The maximum Gasteiger partial charge on any atom is 0.147 e. The number of nitrogens with zero attached hydrogens (tertiary/aromatic N) is 1. The van der Waals surface area contributed by atoms with Gasteiger partial charge in [0.05, 0.1) is 18.1 Å². The van der Waals surface area contributed by atoms with Gasteiger partial charge >= 0.3 is 0 Å². The van der Waals surface area contributed by atoms with Gasteiger partial charge in [-0.15, -0.1) is 0 Å². The molecular formula is C15H18N2O2. The van der Waals surface area contributed by atoms with Crippen molar-refractivity contribution in [2.75, 3.05) is 18.5 Å². The van der Waals surface area contributed by atoms with E-state index in [1.165, 1.54) is 0 Å². The summed E-state index contributed by atoms with van der Waals surface area (Å²) >= 11 is 0. The van der Waals surface area contributed by atoms with Crippen molar-refractivity contribution >= 4 is 5.69 Å². The van der Waals surface area contributed by atoms with Crippen LogP contribution in [0.4, 0.5) is 5.69 Å². The molecule has 0 spiro atoms. The third-order valence-corrected chi connectivity index (χ3v) is 2.65. The molecule has 1 heterocycles. The second-order valence-electron chi connectivity index (χ2n) is 4.16. The van der Waals surface area contributed by atoms with E-state index in [2.05, 4.69) is 10.3 Å². The average molecular weight is 258 g/mol. The lowest BCUT2D eigenvalue weighted by Gasteiger charge is -2.08. The van der Waals surface area contributed by atoms with Crippen LogP contribution in [0.1, 0.15) is 12.5 Å². The second-order valence-corrected chi connectivity index (χ2v) is 4.16. The number of anilines is 1. The fraction of sp³-hybridized carbons (Fsp3) is 0.267. The van der Waals surface area contributed by atoms with Crippen LogP contribution in [0.15, 0.2) is 42.7 Å². The standard InChI is InChI=1S/C15H18N2O2/c1-2-17-13-9-15(11-16-10-13)19-14-5-3-12(4-6-14)7-8-18/h3-6,9-11,17-18H,2,7-8H2,1H3. The molecule has 4 nitrogen and oxygen atoms in total. The highest BCUT2D eigenvalue weighted by atomic mass is 16.5. The number of hydrogen-bond donors (Lipinski definition) is 2. The van der Waals surface area contributed by atoms with Crippen LogP contribution >= 0.6 is 0 Å². The molecule has 0 unspecified atom stereocenters. The highest BCUT2D eigenvalue weighted by Gasteiger charge is 2.00. The van der Waals surface area contributed by atoms with Crippen LogP contribution in [0.2, 0.25) is 0 Å². The Morgan fingerprint density at radius 2 is 1.95 bits per heavy atom. The molecule has 19 heavy (non-hydrogen) atoms. The monoisotopic (exact) mass is 258 g/mol. The first-order chi connectivity index (χ1) is 9.31. The Hall–Kier alpha value is -2.07. The van der Waals surface area contributed by atoms with E-state index in [1.807, 2.05) is 37.3 Å². The van der Waals surface area contributed by atoms with Crippen molar-refractivity contribution < 1.29 is 9.84 Å². The minimum absolute atomic E-state index is 0.162. The van der Waals surface area contributed by atoms with E-state index in [1.54, 1.807) is 12.4 Å². The Kier molecular flexibility index (Phi) is 4.75. The van der Waals surface area contributed by atoms with Crippen LogP contribution in [-0.4, -0.2) is 23.2 Å². The maximum absolute atomic E-state index is 8.86. The van der Waals surface area contributed by atoms with Crippen LogP contribution in [0.3, 0.4) is 0 Å². The van der Waals surface area contributed by atoms with Gasteiger partial charge in [0, 0.05) is 19.2 Å². The summed E-state index contributed by atoms with van der Waals surface area (Å²) in [6, 6.07) is 9.61. The molecule has 0 saturated carbocycles. The fourth-order valence-electron chi connectivity index (χ4n) is 1.76. The lowest BCUT2D eigenvalue weighted by Crippen LogP contribution is -1.97. The number of aliphatic hydroxyl groups is 1. The lowest BCUT2D eigenvalue weighted by atomic mass is 10.1. The molecule has 0 aliphatic heterocycles. The predicted molar refractivity (Wildman–Crippen MR) is 75.7 cm³/mol. The predicted octanol–water partition coefficient (Wildman–Crippen LogP) is 2.84. The number of ether oxygens (including phenoxy) is 1. The van der Waals surface area contributed by atoms with E-state index in [0.717, 1.165) is 23.5 Å². The van der Waals surface area contributed by atoms with Gasteiger partial charge in [0.15, 0.2) is 0 Å². The summed E-state index contributed by atoms with van der Waals surface area (Å²) in [5, 5.41) is 12.0. The first kappa shape index (κ1) is 13.4. The summed E-state index contributed by atoms with van der Waals surface area (Å²) in [4.78, 5) is 4.13. The Bertz CT molecular complexity index is 512. The molecule has 0 saturated heterocycles. The van der Waals surface area contributed by atoms with Crippen LogP contribution in [0.25, 0.3) is 0 Å². The third-order valence-electron chi connectivity index (χ3n) is 2.65. The van der Waals surface area contributed by atoms with E-state index in [0.29, 0.717) is 12.2 Å². The van der Waals surface area contributed by atoms with E-state index in [9.17, 15) is 0 Å². The molecule has 0 radical (unpaired) electrons. The number of pyridine rings is 1. The Morgan fingerprint density at radius 1 is 1.16 bits per heavy atom. The largest absolute Gasteiger partial charge is 0.456 e. The number of benzene rings is 1. The smallest absolute Gasteiger partial charge is 0.147 e. The molecule has 4 heteroatoms. The topological polar surface area (TPSA) is 54.4 Å². The quantitative estimate of drug-likeness (QED) is 0.836.